The molecule has 194 valence electrons. The number of thioether (sulfide) groups is 1. The van der Waals surface area contributed by atoms with E-state index in [-0.39, 0.29) is 11.8 Å². The highest BCUT2D eigenvalue weighted by Crippen LogP contribution is 2.38. The minimum atomic E-state index is -0.531. The van der Waals surface area contributed by atoms with Crippen LogP contribution in [-0.2, 0) is 9.59 Å². The van der Waals surface area contributed by atoms with Crippen LogP contribution in [-0.4, -0.2) is 23.9 Å². The second-order valence-corrected chi connectivity index (χ2v) is 10.7. The van der Waals surface area contributed by atoms with Crippen LogP contribution in [0.15, 0.2) is 114 Å². The van der Waals surface area contributed by atoms with Crippen molar-refractivity contribution in [1.82, 2.24) is 4.98 Å². The summed E-state index contributed by atoms with van der Waals surface area (Å²) in [4.78, 5) is 31.4. The predicted molar refractivity (Wildman–Crippen MR) is 160 cm³/mol. The number of methoxy groups -OCH3 is 1. The Morgan fingerprint density at radius 2 is 1.67 bits per heavy atom. The summed E-state index contributed by atoms with van der Waals surface area (Å²) >= 11 is 2.81. The number of carbonyl (C=O) groups excluding carboxylic acids is 2. The molecule has 1 atom stereocenters. The third kappa shape index (κ3) is 6.93. The first-order valence-corrected chi connectivity index (χ1v) is 13.9. The van der Waals surface area contributed by atoms with Crippen LogP contribution in [0.25, 0.3) is 16.3 Å². The highest BCUT2D eigenvalue weighted by Gasteiger charge is 2.23. The molecule has 8 heteroatoms. The zero-order valence-electron chi connectivity index (χ0n) is 21.0. The van der Waals surface area contributed by atoms with Crippen molar-refractivity contribution in [2.75, 3.05) is 17.7 Å². The van der Waals surface area contributed by atoms with Crippen LogP contribution < -0.4 is 15.4 Å². The van der Waals surface area contributed by atoms with Gasteiger partial charge in [-0.2, -0.15) is 0 Å². The van der Waals surface area contributed by atoms with Gasteiger partial charge in [0.15, 0.2) is 5.13 Å². The van der Waals surface area contributed by atoms with Crippen molar-refractivity contribution in [2.24, 2.45) is 0 Å². The summed E-state index contributed by atoms with van der Waals surface area (Å²) in [5, 5.41) is 5.89. The number of anilines is 2. The smallest absolute Gasteiger partial charge is 0.248 e. The van der Waals surface area contributed by atoms with Crippen LogP contribution in [0.3, 0.4) is 0 Å². The fourth-order valence-electron chi connectivity index (χ4n) is 3.86. The Morgan fingerprint density at radius 3 is 2.44 bits per heavy atom. The number of amides is 2. The molecule has 0 saturated heterocycles. The topological polar surface area (TPSA) is 80.3 Å². The molecule has 0 spiro atoms. The van der Waals surface area contributed by atoms with Gasteiger partial charge < -0.3 is 15.4 Å². The molecule has 1 aromatic heterocycles. The van der Waals surface area contributed by atoms with E-state index in [2.05, 4.69) is 15.6 Å². The Labute approximate surface area is 234 Å². The fraction of sp³-hybridized carbons (Fsp3) is 0.0645. The first-order chi connectivity index (χ1) is 19.1. The minimum Gasteiger partial charge on any atom is -0.497 e. The number of carbonyl (C=O) groups is 2. The Kier molecular flexibility index (Phi) is 8.36. The van der Waals surface area contributed by atoms with Gasteiger partial charge in [0.05, 0.1) is 17.3 Å². The van der Waals surface area contributed by atoms with Crippen LogP contribution in [0.4, 0.5) is 10.8 Å². The molecular formula is C31H25N3O3S2. The van der Waals surface area contributed by atoms with Gasteiger partial charge in [-0.15, -0.1) is 11.8 Å². The second kappa shape index (κ2) is 12.4. The van der Waals surface area contributed by atoms with E-state index < -0.39 is 5.25 Å². The monoisotopic (exact) mass is 551 g/mol. The number of aromatic nitrogens is 1. The van der Waals surface area contributed by atoms with Crippen molar-refractivity contribution in [2.45, 2.75) is 10.1 Å². The summed E-state index contributed by atoms with van der Waals surface area (Å²) in [6.07, 6.45) is 3.27. The summed E-state index contributed by atoms with van der Waals surface area (Å²) in [5.74, 6) is 0.326. The average Bonchev–Trinajstić information content (AvgIpc) is 3.37. The Balaban J connectivity index is 1.32. The van der Waals surface area contributed by atoms with Gasteiger partial charge in [-0.05, 0) is 53.6 Å². The molecule has 39 heavy (non-hydrogen) atoms. The molecule has 0 aliphatic rings. The second-order valence-electron chi connectivity index (χ2n) is 8.51. The van der Waals surface area contributed by atoms with Gasteiger partial charge >= 0.3 is 0 Å². The third-order valence-corrected chi connectivity index (χ3v) is 7.93. The molecule has 4 aromatic carbocycles. The number of thiazole rings is 1. The van der Waals surface area contributed by atoms with Crippen molar-refractivity contribution in [3.8, 4) is 5.75 Å². The van der Waals surface area contributed by atoms with Gasteiger partial charge in [-0.3, -0.25) is 9.59 Å². The molecule has 5 rings (SSSR count). The molecule has 0 fully saturated rings. The van der Waals surface area contributed by atoms with Gasteiger partial charge in [0.1, 0.15) is 11.0 Å². The van der Waals surface area contributed by atoms with Crippen molar-refractivity contribution in [3.63, 3.8) is 0 Å². The van der Waals surface area contributed by atoms with E-state index in [1.54, 1.807) is 13.2 Å². The number of nitrogens with zero attached hydrogens (tertiary/aromatic N) is 1. The summed E-state index contributed by atoms with van der Waals surface area (Å²) in [7, 11) is 1.62. The number of ether oxygens (including phenoxy) is 1. The van der Waals surface area contributed by atoms with Crippen LogP contribution in [0.2, 0.25) is 0 Å². The quantitative estimate of drug-likeness (QED) is 0.147. The zero-order valence-corrected chi connectivity index (χ0v) is 22.7. The number of rotatable bonds is 9. The Morgan fingerprint density at radius 1 is 0.897 bits per heavy atom. The Hall–Kier alpha value is -4.40. The summed E-state index contributed by atoms with van der Waals surface area (Å²) in [6, 6.07) is 32.3. The normalized spacial score (nSPS) is 11.8. The zero-order chi connectivity index (χ0) is 27.0. The number of benzene rings is 4. The molecule has 1 heterocycles. The number of hydrogen-bond donors (Lipinski definition) is 2. The van der Waals surface area contributed by atoms with E-state index >= 15 is 0 Å². The number of hydrogen-bond acceptors (Lipinski definition) is 6. The molecule has 0 bridgehead atoms. The van der Waals surface area contributed by atoms with Gasteiger partial charge in [-0.1, -0.05) is 78.1 Å². The lowest BCUT2D eigenvalue weighted by molar-refractivity contribution is -0.116. The summed E-state index contributed by atoms with van der Waals surface area (Å²) < 4.78 is 6.23. The highest BCUT2D eigenvalue weighted by atomic mass is 32.2. The maximum atomic E-state index is 13.5. The molecule has 6 nitrogen and oxygen atoms in total. The van der Waals surface area contributed by atoms with E-state index in [4.69, 9.17) is 4.74 Å². The predicted octanol–water partition coefficient (Wildman–Crippen LogP) is 7.43. The molecule has 1 unspecified atom stereocenters. The first kappa shape index (κ1) is 26.2. The first-order valence-electron chi connectivity index (χ1n) is 12.2. The molecule has 0 aliphatic carbocycles. The highest BCUT2D eigenvalue weighted by molar-refractivity contribution is 8.00. The standard InChI is InChI=1S/C31H25N3O3S2/c1-37-24-16-17-26-27(20-24)39-31(33-26)34-30(36)29(22-11-6-3-7-12-22)38-25-14-8-13-23(19-25)32-28(35)18-15-21-9-4-2-5-10-21/h2-20,29H,1H3,(H,32,35)(H,33,34,36)/b18-15+. The van der Waals surface area contributed by atoms with E-state index in [0.29, 0.717) is 10.8 Å². The molecule has 5 aromatic rings. The summed E-state index contributed by atoms with van der Waals surface area (Å²) in [6.45, 7) is 0. The van der Waals surface area contributed by atoms with Gasteiger partial charge in [-0.25, -0.2) is 4.98 Å². The number of nitrogens with one attached hydrogen (secondary N) is 2. The van der Waals surface area contributed by atoms with E-state index in [0.717, 1.165) is 32.0 Å². The van der Waals surface area contributed by atoms with E-state index in [1.165, 1.54) is 29.2 Å². The molecular weight excluding hydrogens is 526 g/mol. The molecule has 0 aliphatic heterocycles. The van der Waals surface area contributed by atoms with Crippen molar-refractivity contribution in [3.05, 3.63) is 120 Å². The van der Waals surface area contributed by atoms with Crippen LogP contribution in [0.1, 0.15) is 16.4 Å². The lowest BCUT2D eigenvalue weighted by atomic mass is 10.1. The maximum Gasteiger partial charge on any atom is 0.248 e. The fourth-order valence-corrected chi connectivity index (χ4v) is 5.84. The van der Waals surface area contributed by atoms with E-state index in [9.17, 15) is 9.59 Å². The maximum absolute atomic E-state index is 13.5. The van der Waals surface area contributed by atoms with Gasteiger partial charge in [0.2, 0.25) is 11.8 Å². The SMILES string of the molecule is COc1ccc2nc(NC(=O)C(Sc3cccc(NC(=O)/C=C/c4ccccc4)c3)c3ccccc3)sc2c1. The molecule has 2 amide bonds. The lowest BCUT2D eigenvalue weighted by Gasteiger charge is -2.16. The average molecular weight is 552 g/mol. The molecule has 0 saturated carbocycles. The summed E-state index contributed by atoms with van der Waals surface area (Å²) in [5.41, 5.74) is 3.25. The van der Waals surface area contributed by atoms with Crippen molar-refractivity contribution < 1.29 is 14.3 Å². The number of fused-ring (bicyclic) bond motifs is 1. The van der Waals surface area contributed by atoms with Gasteiger partial charge in [0.25, 0.3) is 0 Å². The third-order valence-electron chi connectivity index (χ3n) is 5.75. The van der Waals surface area contributed by atoms with Crippen molar-refractivity contribution >= 4 is 62.0 Å². The lowest BCUT2D eigenvalue weighted by Crippen LogP contribution is -2.19. The Bertz CT molecular complexity index is 1620. The van der Waals surface area contributed by atoms with Crippen LogP contribution in [0.5, 0.6) is 5.75 Å². The van der Waals surface area contributed by atoms with E-state index in [1.807, 2.05) is 103 Å². The molecule has 0 radical (unpaired) electrons. The van der Waals surface area contributed by atoms with Crippen LogP contribution in [0, 0.1) is 0 Å². The largest absolute Gasteiger partial charge is 0.497 e. The molecule has 2 N–H and O–H groups in total. The van der Waals surface area contributed by atoms with Gasteiger partial charge in [0, 0.05) is 16.7 Å². The van der Waals surface area contributed by atoms with Crippen molar-refractivity contribution in [1.29, 1.82) is 0 Å². The minimum absolute atomic E-state index is 0.183. The van der Waals surface area contributed by atoms with Crippen LogP contribution >= 0.6 is 23.1 Å².